The van der Waals surface area contributed by atoms with Crippen LogP contribution in [0.2, 0.25) is 0 Å². The number of fused-ring (bicyclic) bond motifs is 2. The van der Waals surface area contributed by atoms with Crippen LogP contribution in [-0.2, 0) is 4.79 Å². The van der Waals surface area contributed by atoms with Crippen molar-refractivity contribution in [1.82, 2.24) is 4.90 Å². The van der Waals surface area contributed by atoms with Crippen LogP contribution in [0.15, 0.2) is 30.3 Å². The third-order valence-electron chi connectivity index (χ3n) is 4.99. The second kappa shape index (κ2) is 3.20. The van der Waals surface area contributed by atoms with Crippen LogP contribution in [0.3, 0.4) is 0 Å². The fourth-order valence-electron chi connectivity index (χ4n) is 4.00. The van der Waals surface area contributed by atoms with Crippen LogP contribution < -0.4 is 0 Å². The number of rotatable bonds is 1. The van der Waals surface area contributed by atoms with E-state index in [2.05, 4.69) is 29.2 Å². The molecule has 4 fully saturated rings. The van der Waals surface area contributed by atoms with Gasteiger partial charge in [0.2, 0.25) is 0 Å². The molecule has 0 radical (unpaired) electrons. The summed E-state index contributed by atoms with van der Waals surface area (Å²) in [7, 11) is 0. The maximum atomic E-state index is 12.5. The van der Waals surface area contributed by atoms with Crippen LogP contribution >= 0.6 is 0 Å². The van der Waals surface area contributed by atoms with E-state index in [0.29, 0.717) is 17.6 Å². The number of carbonyl (C=O) groups excluding carboxylic acids is 1. The summed E-state index contributed by atoms with van der Waals surface area (Å²) in [5.41, 5.74) is 1.27. The molecule has 1 spiro atoms. The molecule has 3 saturated heterocycles. The Kier molecular flexibility index (Phi) is 1.85. The number of hydrogen-bond donors (Lipinski definition) is 0. The van der Waals surface area contributed by atoms with Crippen molar-refractivity contribution in [3.8, 4) is 0 Å². The predicted octanol–water partition coefficient (Wildman–Crippen LogP) is 2.21. The number of hydrogen-bond acceptors (Lipinski definition) is 2. The Labute approximate surface area is 102 Å². The first-order chi connectivity index (χ1) is 8.32. The first-order valence-corrected chi connectivity index (χ1v) is 6.67. The second-order valence-corrected chi connectivity index (χ2v) is 5.72. The van der Waals surface area contributed by atoms with Gasteiger partial charge in [-0.2, -0.15) is 0 Å². The van der Waals surface area contributed by atoms with Gasteiger partial charge in [0.15, 0.2) is 5.78 Å². The molecule has 0 amide bonds. The van der Waals surface area contributed by atoms with E-state index in [9.17, 15) is 4.79 Å². The highest BCUT2D eigenvalue weighted by molar-refractivity contribution is 5.96. The third-order valence-corrected chi connectivity index (χ3v) is 4.99. The Hall–Kier alpha value is -1.15. The van der Waals surface area contributed by atoms with Crippen molar-refractivity contribution in [2.24, 2.45) is 5.92 Å². The molecule has 2 nitrogen and oxygen atoms in total. The van der Waals surface area contributed by atoms with Gasteiger partial charge in [-0.25, -0.2) is 0 Å². The molecule has 3 heterocycles. The molecule has 1 aliphatic carbocycles. The maximum absolute atomic E-state index is 12.5. The molecule has 4 aliphatic rings. The molecule has 2 heteroatoms. The maximum Gasteiger partial charge on any atom is 0.156 e. The minimum atomic E-state index is -0.0808. The molecule has 3 aliphatic heterocycles. The number of nitrogens with zero attached hydrogens (tertiary/aromatic N) is 1. The van der Waals surface area contributed by atoms with Crippen molar-refractivity contribution in [3.05, 3.63) is 35.9 Å². The van der Waals surface area contributed by atoms with Crippen molar-refractivity contribution in [2.75, 3.05) is 13.1 Å². The zero-order chi connectivity index (χ0) is 11.5. The molecule has 2 bridgehead atoms. The lowest BCUT2D eigenvalue weighted by Gasteiger charge is -2.45. The van der Waals surface area contributed by atoms with Crippen molar-refractivity contribution in [2.45, 2.75) is 30.7 Å². The van der Waals surface area contributed by atoms with E-state index in [1.165, 1.54) is 5.56 Å². The van der Waals surface area contributed by atoms with Gasteiger partial charge in [-0.1, -0.05) is 30.3 Å². The molecule has 1 aromatic rings. The summed E-state index contributed by atoms with van der Waals surface area (Å²) >= 11 is 0. The molecule has 0 N–H and O–H groups in total. The van der Waals surface area contributed by atoms with Gasteiger partial charge in [-0.05, 0) is 37.9 Å². The molecule has 17 heavy (non-hydrogen) atoms. The molecule has 0 aromatic heterocycles. The van der Waals surface area contributed by atoms with E-state index >= 15 is 0 Å². The highest BCUT2D eigenvalue weighted by atomic mass is 16.1. The highest BCUT2D eigenvalue weighted by Gasteiger charge is 2.67. The molecular weight excluding hydrogens is 210 g/mol. The van der Waals surface area contributed by atoms with E-state index in [4.69, 9.17) is 0 Å². The minimum Gasteiger partial charge on any atom is -0.297 e. The summed E-state index contributed by atoms with van der Waals surface area (Å²) in [6.45, 7) is 2.28. The Balaban J connectivity index is 1.70. The van der Waals surface area contributed by atoms with Crippen LogP contribution in [0.4, 0.5) is 0 Å². The summed E-state index contributed by atoms with van der Waals surface area (Å²) in [6, 6.07) is 10.6. The summed E-state index contributed by atoms with van der Waals surface area (Å²) in [4.78, 5) is 15.0. The SMILES string of the molecule is O=C1C2CCN(CC2)C12CC2c1ccccc1. The van der Waals surface area contributed by atoms with Crippen LogP contribution in [0.1, 0.15) is 30.7 Å². The van der Waals surface area contributed by atoms with Gasteiger partial charge in [0.05, 0.1) is 5.54 Å². The van der Waals surface area contributed by atoms with Gasteiger partial charge in [0.25, 0.3) is 0 Å². The zero-order valence-electron chi connectivity index (χ0n) is 9.93. The normalized spacial score (nSPS) is 43.1. The topological polar surface area (TPSA) is 20.3 Å². The second-order valence-electron chi connectivity index (χ2n) is 5.72. The van der Waals surface area contributed by atoms with E-state index < -0.39 is 0 Å². The standard InChI is InChI=1S/C15H17NO/c17-14-12-6-8-16(9-7-12)15(14)10-13(15)11-4-2-1-3-5-11/h1-5,12-13H,6-10H2. The van der Waals surface area contributed by atoms with Crippen LogP contribution in [0.25, 0.3) is 0 Å². The number of piperidine rings is 3. The summed E-state index contributed by atoms with van der Waals surface area (Å²) < 4.78 is 0. The quantitative estimate of drug-likeness (QED) is 0.733. The van der Waals surface area contributed by atoms with E-state index in [-0.39, 0.29) is 5.54 Å². The summed E-state index contributed by atoms with van der Waals surface area (Å²) in [5, 5.41) is 0. The van der Waals surface area contributed by atoms with Crippen LogP contribution in [0, 0.1) is 5.92 Å². The Morgan fingerprint density at radius 2 is 1.82 bits per heavy atom. The van der Waals surface area contributed by atoms with Crippen LogP contribution in [0.5, 0.6) is 0 Å². The molecule has 5 rings (SSSR count). The fraction of sp³-hybridized carbons (Fsp3) is 0.533. The lowest BCUT2D eigenvalue weighted by molar-refractivity contribution is -0.139. The summed E-state index contributed by atoms with van der Waals surface area (Å²) in [5.74, 6) is 1.39. The zero-order valence-corrected chi connectivity index (χ0v) is 9.93. The van der Waals surface area contributed by atoms with Gasteiger partial charge in [0.1, 0.15) is 0 Å². The number of Topliss-reactive ketones (excluding diaryl/α,β-unsaturated/α-hetero) is 1. The van der Waals surface area contributed by atoms with E-state index in [1.807, 2.05) is 6.07 Å². The highest BCUT2D eigenvalue weighted by Crippen LogP contribution is 2.60. The molecule has 2 unspecified atom stereocenters. The van der Waals surface area contributed by atoms with E-state index in [0.717, 1.165) is 32.4 Å². The molecule has 88 valence electrons. The number of benzene rings is 1. The molecular formula is C15H17NO. The largest absolute Gasteiger partial charge is 0.297 e. The first kappa shape index (κ1) is 9.84. The minimum absolute atomic E-state index is 0.0808. The van der Waals surface area contributed by atoms with Crippen molar-refractivity contribution in [3.63, 3.8) is 0 Å². The van der Waals surface area contributed by atoms with Gasteiger partial charge in [-0.15, -0.1) is 0 Å². The van der Waals surface area contributed by atoms with Gasteiger partial charge < -0.3 is 0 Å². The lowest BCUT2D eigenvalue weighted by Crippen LogP contribution is -2.58. The van der Waals surface area contributed by atoms with E-state index in [1.54, 1.807) is 0 Å². The number of ketones is 1. The monoisotopic (exact) mass is 227 g/mol. The average Bonchev–Trinajstić information content (AvgIpc) is 3.13. The Bertz CT molecular complexity index is 461. The smallest absolute Gasteiger partial charge is 0.156 e. The fourth-order valence-corrected chi connectivity index (χ4v) is 4.00. The Morgan fingerprint density at radius 3 is 2.47 bits per heavy atom. The number of carbonyl (C=O) groups is 1. The summed E-state index contributed by atoms with van der Waals surface area (Å²) in [6.07, 6.45) is 3.26. The van der Waals surface area contributed by atoms with Gasteiger partial charge >= 0.3 is 0 Å². The van der Waals surface area contributed by atoms with Gasteiger partial charge in [-0.3, -0.25) is 9.69 Å². The average molecular weight is 227 g/mol. The molecule has 1 aromatic carbocycles. The van der Waals surface area contributed by atoms with Crippen molar-refractivity contribution < 1.29 is 4.79 Å². The predicted molar refractivity (Wildman–Crippen MR) is 65.8 cm³/mol. The van der Waals surface area contributed by atoms with Crippen LogP contribution in [-0.4, -0.2) is 29.3 Å². The van der Waals surface area contributed by atoms with Crippen molar-refractivity contribution in [1.29, 1.82) is 0 Å². The molecule has 2 atom stereocenters. The lowest BCUT2D eigenvalue weighted by atomic mass is 9.79. The van der Waals surface area contributed by atoms with Crippen molar-refractivity contribution >= 4 is 5.78 Å². The first-order valence-electron chi connectivity index (χ1n) is 6.67. The Morgan fingerprint density at radius 1 is 1.12 bits per heavy atom. The third kappa shape index (κ3) is 1.17. The van der Waals surface area contributed by atoms with Gasteiger partial charge in [0, 0.05) is 11.8 Å². The molecule has 1 saturated carbocycles.